The smallest absolute Gasteiger partial charge is 0.259 e. The summed E-state index contributed by atoms with van der Waals surface area (Å²) in [6.07, 6.45) is 1.51. The van der Waals surface area contributed by atoms with Crippen molar-refractivity contribution >= 4 is 17.8 Å². The monoisotopic (exact) mass is 357 g/mol. The van der Waals surface area contributed by atoms with Crippen LogP contribution < -0.4 is 25.0 Å². The number of nitrogens with zero attached hydrogens (tertiary/aromatic N) is 1. The third kappa shape index (κ3) is 4.89. The molecule has 0 fully saturated rings. The van der Waals surface area contributed by atoms with Gasteiger partial charge in [-0.15, -0.1) is 0 Å². The molecular formula is C19H23N3O4. The van der Waals surface area contributed by atoms with Crippen molar-refractivity contribution in [3.05, 3.63) is 47.5 Å². The van der Waals surface area contributed by atoms with Gasteiger partial charge in [0.15, 0.2) is 11.5 Å². The Hall–Kier alpha value is -3.22. The van der Waals surface area contributed by atoms with E-state index in [0.717, 1.165) is 11.3 Å². The number of hydrazone groups is 1. The second kappa shape index (κ2) is 9.31. The molecule has 0 unspecified atom stereocenters. The van der Waals surface area contributed by atoms with Crippen LogP contribution in [0.4, 0.5) is 5.69 Å². The first-order chi connectivity index (χ1) is 12.6. The SMILES string of the molecule is COc1cc(/C=N/NC(=O)CNc2ccccc2C)cc(OC)c1OC. The molecule has 2 aromatic carbocycles. The minimum absolute atomic E-state index is 0.122. The summed E-state index contributed by atoms with van der Waals surface area (Å²) in [5, 5.41) is 7.04. The number of aryl methyl sites for hydroxylation is 1. The van der Waals surface area contributed by atoms with Crippen molar-refractivity contribution in [3.63, 3.8) is 0 Å². The molecule has 0 aliphatic heterocycles. The minimum atomic E-state index is -0.253. The highest BCUT2D eigenvalue weighted by atomic mass is 16.5. The number of ether oxygens (including phenoxy) is 3. The molecular weight excluding hydrogens is 334 g/mol. The molecule has 26 heavy (non-hydrogen) atoms. The van der Waals surface area contributed by atoms with Crippen LogP contribution in [-0.4, -0.2) is 40.0 Å². The Labute approximate surface area is 153 Å². The molecule has 2 aromatic rings. The molecule has 0 aliphatic carbocycles. The van der Waals surface area contributed by atoms with Crippen molar-refractivity contribution in [2.75, 3.05) is 33.2 Å². The fraction of sp³-hybridized carbons (Fsp3) is 0.263. The summed E-state index contributed by atoms with van der Waals surface area (Å²) < 4.78 is 15.8. The number of methoxy groups -OCH3 is 3. The molecule has 1 amide bonds. The fourth-order valence-electron chi connectivity index (χ4n) is 2.34. The van der Waals surface area contributed by atoms with Gasteiger partial charge in [0.05, 0.1) is 34.1 Å². The van der Waals surface area contributed by atoms with Crippen molar-refractivity contribution in [1.82, 2.24) is 5.43 Å². The lowest BCUT2D eigenvalue weighted by Gasteiger charge is -2.12. The molecule has 0 saturated heterocycles. The lowest BCUT2D eigenvalue weighted by Crippen LogP contribution is -2.26. The zero-order valence-corrected chi connectivity index (χ0v) is 15.3. The Morgan fingerprint density at radius 3 is 2.31 bits per heavy atom. The van der Waals surface area contributed by atoms with Gasteiger partial charge in [-0.05, 0) is 30.7 Å². The number of rotatable bonds is 8. The van der Waals surface area contributed by atoms with Gasteiger partial charge in [-0.25, -0.2) is 5.43 Å². The Morgan fingerprint density at radius 1 is 1.08 bits per heavy atom. The number of amides is 1. The Bertz CT molecular complexity index is 765. The van der Waals surface area contributed by atoms with Gasteiger partial charge in [0, 0.05) is 11.3 Å². The molecule has 0 atom stereocenters. The molecule has 0 spiro atoms. The molecule has 7 nitrogen and oxygen atoms in total. The van der Waals surface area contributed by atoms with Crippen LogP contribution in [-0.2, 0) is 4.79 Å². The third-order valence-corrected chi connectivity index (χ3v) is 3.67. The molecule has 0 heterocycles. The molecule has 2 rings (SSSR count). The van der Waals surface area contributed by atoms with Gasteiger partial charge >= 0.3 is 0 Å². The Balaban J connectivity index is 1.97. The van der Waals surface area contributed by atoms with Crippen LogP contribution in [0.2, 0.25) is 0 Å². The van der Waals surface area contributed by atoms with Crippen LogP contribution in [0.15, 0.2) is 41.5 Å². The Morgan fingerprint density at radius 2 is 1.73 bits per heavy atom. The summed E-state index contributed by atoms with van der Waals surface area (Å²) in [6, 6.07) is 11.2. The zero-order valence-electron chi connectivity index (χ0n) is 15.3. The summed E-state index contributed by atoms with van der Waals surface area (Å²) >= 11 is 0. The molecule has 0 bridgehead atoms. The number of carbonyl (C=O) groups is 1. The molecule has 0 saturated carbocycles. The van der Waals surface area contributed by atoms with E-state index in [1.54, 1.807) is 12.1 Å². The van der Waals surface area contributed by atoms with E-state index in [-0.39, 0.29) is 12.5 Å². The highest BCUT2D eigenvalue weighted by molar-refractivity contribution is 5.85. The van der Waals surface area contributed by atoms with Crippen molar-refractivity contribution in [3.8, 4) is 17.2 Å². The topological polar surface area (TPSA) is 81.2 Å². The predicted octanol–water partition coefficient (Wildman–Crippen LogP) is 2.58. The molecule has 0 radical (unpaired) electrons. The van der Waals surface area contributed by atoms with Gasteiger partial charge in [0.1, 0.15) is 0 Å². The first-order valence-corrected chi connectivity index (χ1v) is 8.00. The number of hydrogen-bond donors (Lipinski definition) is 2. The number of anilines is 1. The van der Waals surface area contributed by atoms with Crippen LogP contribution in [0.1, 0.15) is 11.1 Å². The maximum Gasteiger partial charge on any atom is 0.259 e. The summed E-state index contributed by atoms with van der Waals surface area (Å²) in [4.78, 5) is 11.9. The van der Waals surface area contributed by atoms with E-state index in [4.69, 9.17) is 14.2 Å². The number of benzene rings is 2. The summed E-state index contributed by atoms with van der Waals surface area (Å²) in [7, 11) is 4.62. The molecule has 0 aliphatic rings. The predicted molar refractivity (Wildman–Crippen MR) is 102 cm³/mol. The van der Waals surface area contributed by atoms with Crippen molar-refractivity contribution < 1.29 is 19.0 Å². The normalized spacial score (nSPS) is 10.5. The van der Waals surface area contributed by atoms with Crippen LogP contribution in [0, 0.1) is 6.92 Å². The first kappa shape index (κ1) is 19.1. The van der Waals surface area contributed by atoms with E-state index in [0.29, 0.717) is 22.8 Å². The zero-order chi connectivity index (χ0) is 18.9. The van der Waals surface area contributed by atoms with Gasteiger partial charge in [-0.2, -0.15) is 5.10 Å². The highest BCUT2D eigenvalue weighted by Gasteiger charge is 2.12. The molecule has 0 aromatic heterocycles. The van der Waals surface area contributed by atoms with E-state index in [9.17, 15) is 4.79 Å². The van der Waals surface area contributed by atoms with Crippen LogP contribution in [0.3, 0.4) is 0 Å². The van der Waals surface area contributed by atoms with E-state index in [1.807, 2.05) is 31.2 Å². The molecule has 2 N–H and O–H groups in total. The van der Waals surface area contributed by atoms with Crippen molar-refractivity contribution in [2.45, 2.75) is 6.92 Å². The van der Waals surface area contributed by atoms with Gasteiger partial charge in [0.2, 0.25) is 5.75 Å². The van der Waals surface area contributed by atoms with E-state index >= 15 is 0 Å². The second-order valence-electron chi connectivity index (χ2n) is 5.42. The lowest BCUT2D eigenvalue weighted by atomic mass is 10.2. The number of hydrogen-bond acceptors (Lipinski definition) is 6. The van der Waals surface area contributed by atoms with E-state index in [2.05, 4.69) is 15.8 Å². The van der Waals surface area contributed by atoms with E-state index in [1.165, 1.54) is 27.5 Å². The van der Waals surface area contributed by atoms with Gasteiger partial charge in [-0.3, -0.25) is 4.79 Å². The Kier molecular flexibility index (Phi) is 6.84. The maximum absolute atomic E-state index is 11.9. The van der Waals surface area contributed by atoms with Crippen LogP contribution in [0.25, 0.3) is 0 Å². The van der Waals surface area contributed by atoms with Gasteiger partial charge in [-0.1, -0.05) is 18.2 Å². The highest BCUT2D eigenvalue weighted by Crippen LogP contribution is 2.37. The van der Waals surface area contributed by atoms with Crippen molar-refractivity contribution in [1.29, 1.82) is 0 Å². The molecule has 7 heteroatoms. The van der Waals surface area contributed by atoms with Crippen molar-refractivity contribution in [2.24, 2.45) is 5.10 Å². The summed E-state index contributed by atoms with van der Waals surface area (Å²) in [6.45, 7) is 2.10. The number of carbonyl (C=O) groups excluding carboxylic acids is 1. The average Bonchev–Trinajstić information content (AvgIpc) is 2.66. The summed E-state index contributed by atoms with van der Waals surface area (Å²) in [5.41, 5.74) is 5.16. The third-order valence-electron chi connectivity index (χ3n) is 3.67. The largest absolute Gasteiger partial charge is 0.493 e. The second-order valence-corrected chi connectivity index (χ2v) is 5.42. The van der Waals surface area contributed by atoms with E-state index < -0.39 is 0 Å². The lowest BCUT2D eigenvalue weighted by molar-refractivity contribution is -0.119. The average molecular weight is 357 g/mol. The summed E-state index contributed by atoms with van der Waals surface area (Å²) in [5.74, 6) is 1.28. The standard InChI is InChI=1S/C19H23N3O4/c1-13-7-5-6-8-15(13)20-12-18(23)22-21-11-14-9-16(24-2)19(26-4)17(10-14)25-3/h5-11,20H,12H2,1-4H3,(H,22,23)/b21-11+. The quantitative estimate of drug-likeness (QED) is 0.561. The van der Waals surface area contributed by atoms with Gasteiger partial charge < -0.3 is 19.5 Å². The number of para-hydroxylation sites is 1. The molecule has 138 valence electrons. The maximum atomic E-state index is 11.9. The fourth-order valence-corrected chi connectivity index (χ4v) is 2.34. The minimum Gasteiger partial charge on any atom is -0.493 e. The van der Waals surface area contributed by atoms with Gasteiger partial charge in [0.25, 0.3) is 5.91 Å². The number of nitrogens with one attached hydrogen (secondary N) is 2. The van der Waals surface area contributed by atoms with Crippen LogP contribution in [0.5, 0.6) is 17.2 Å². The van der Waals surface area contributed by atoms with Crippen LogP contribution >= 0.6 is 0 Å². The first-order valence-electron chi connectivity index (χ1n) is 8.00.